The van der Waals surface area contributed by atoms with Crippen molar-refractivity contribution < 1.29 is 9.53 Å². The monoisotopic (exact) mass is 420 g/mol. The Bertz CT molecular complexity index is 1210. The van der Waals surface area contributed by atoms with Gasteiger partial charge in [0.15, 0.2) is 0 Å². The quantitative estimate of drug-likeness (QED) is 0.477. The molecule has 0 saturated heterocycles. The maximum atomic E-state index is 12.9. The Labute approximate surface area is 179 Å². The molecule has 4 rings (SSSR count). The number of hydrogen-bond donors (Lipinski definition) is 1. The summed E-state index contributed by atoms with van der Waals surface area (Å²) in [5, 5.41) is 4.86. The predicted molar refractivity (Wildman–Crippen MR) is 120 cm³/mol. The summed E-state index contributed by atoms with van der Waals surface area (Å²) in [6.45, 7) is 6.52. The Hall–Kier alpha value is -3.19. The minimum atomic E-state index is -0.132. The smallest absolute Gasteiger partial charge is 0.263 e. The van der Waals surface area contributed by atoms with Crippen LogP contribution in [0.2, 0.25) is 0 Å². The first kappa shape index (κ1) is 20.1. The summed E-state index contributed by atoms with van der Waals surface area (Å²) >= 11 is 1.41. The lowest BCUT2D eigenvalue weighted by Gasteiger charge is -2.09. The first-order valence-corrected chi connectivity index (χ1v) is 10.6. The van der Waals surface area contributed by atoms with Gasteiger partial charge in [-0.1, -0.05) is 18.2 Å². The zero-order valence-electron chi connectivity index (χ0n) is 17.5. The van der Waals surface area contributed by atoms with E-state index in [4.69, 9.17) is 9.72 Å². The van der Waals surface area contributed by atoms with Crippen LogP contribution in [0.15, 0.2) is 48.8 Å². The Kier molecular flexibility index (Phi) is 5.55. The van der Waals surface area contributed by atoms with Crippen LogP contribution in [0.25, 0.3) is 21.6 Å². The van der Waals surface area contributed by atoms with E-state index in [0.29, 0.717) is 11.4 Å². The van der Waals surface area contributed by atoms with Gasteiger partial charge in [-0.3, -0.25) is 4.79 Å². The number of aromatic nitrogens is 3. The lowest BCUT2D eigenvalue weighted by molar-refractivity contribution is 0.0954. The molecule has 3 aromatic heterocycles. The maximum Gasteiger partial charge on any atom is 0.263 e. The fraction of sp³-hybridized carbons (Fsp3) is 0.261. The molecular weight excluding hydrogens is 396 g/mol. The number of carbonyl (C=O) groups excluding carboxylic acids is 1. The summed E-state index contributed by atoms with van der Waals surface area (Å²) in [4.78, 5) is 22.7. The molecule has 0 aliphatic rings. The van der Waals surface area contributed by atoms with Gasteiger partial charge in [-0.25, -0.2) is 9.97 Å². The summed E-state index contributed by atoms with van der Waals surface area (Å²) in [6, 6.07) is 11.9. The molecule has 0 unspecified atom stereocenters. The minimum absolute atomic E-state index is 0.132. The SMILES string of the molecule is COc1ccccc1CNC(=O)c1sc(-c2cn(C(C)C)c3ncccc23)nc1C. The number of thiazole rings is 1. The van der Waals surface area contributed by atoms with Crippen molar-refractivity contribution in [3.8, 4) is 16.3 Å². The molecule has 3 heterocycles. The minimum Gasteiger partial charge on any atom is -0.496 e. The number of hydrogen-bond acceptors (Lipinski definition) is 5. The molecule has 0 atom stereocenters. The second kappa shape index (κ2) is 8.28. The van der Waals surface area contributed by atoms with Gasteiger partial charge in [0.25, 0.3) is 5.91 Å². The van der Waals surface area contributed by atoms with Crippen LogP contribution in [0.4, 0.5) is 0 Å². The van der Waals surface area contributed by atoms with E-state index in [9.17, 15) is 4.79 Å². The Morgan fingerprint density at radius 3 is 2.80 bits per heavy atom. The van der Waals surface area contributed by atoms with Crippen LogP contribution in [-0.2, 0) is 6.54 Å². The van der Waals surface area contributed by atoms with Gasteiger partial charge in [-0.05, 0) is 39.0 Å². The normalized spacial score (nSPS) is 11.2. The van der Waals surface area contributed by atoms with Crippen molar-refractivity contribution in [1.29, 1.82) is 0 Å². The molecule has 0 spiro atoms. The third-order valence-electron chi connectivity index (χ3n) is 5.01. The number of carbonyl (C=O) groups is 1. The van der Waals surface area contributed by atoms with E-state index in [-0.39, 0.29) is 11.9 Å². The van der Waals surface area contributed by atoms with E-state index in [1.807, 2.05) is 37.3 Å². The second-order valence-corrected chi connectivity index (χ2v) is 8.35. The van der Waals surface area contributed by atoms with Gasteiger partial charge >= 0.3 is 0 Å². The lowest BCUT2D eigenvalue weighted by atomic mass is 10.2. The summed E-state index contributed by atoms with van der Waals surface area (Å²) < 4.78 is 7.50. The largest absolute Gasteiger partial charge is 0.496 e. The van der Waals surface area contributed by atoms with E-state index in [0.717, 1.165) is 38.6 Å². The molecule has 1 aromatic carbocycles. The number of pyridine rings is 1. The van der Waals surface area contributed by atoms with Crippen LogP contribution < -0.4 is 10.1 Å². The van der Waals surface area contributed by atoms with Gasteiger partial charge in [0.2, 0.25) is 0 Å². The zero-order chi connectivity index (χ0) is 21.3. The van der Waals surface area contributed by atoms with Crippen molar-refractivity contribution in [2.75, 3.05) is 7.11 Å². The second-order valence-electron chi connectivity index (χ2n) is 7.35. The number of nitrogens with one attached hydrogen (secondary N) is 1. The first-order chi connectivity index (χ1) is 14.5. The number of benzene rings is 1. The maximum absolute atomic E-state index is 12.9. The summed E-state index contributed by atoms with van der Waals surface area (Å²) in [6.07, 6.45) is 3.88. The highest BCUT2D eigenvalue weighted by Crippen LogP contribution is 2.35. The third-order valence-corrected chi connectivity index (χ3v) is 6.20. The predicted octanol–water partition coefficient (Wildman–Crippen LogP) is 4.99. The molecule has 0 bridgehead atoms. The lowest BCUT2D eigenvalue weighted by Crippen LogP contribution is -2.22. The molecule has 1 amide bonds. The number of aryl methyl sites for hydroxylation is 1. The molecule has 0 saturated carbocycles. The van der Waals surface area contributed by atoms with Crippen molar-refractivity contribution in [3.05, 3.63) is 64.9 Å². The average Bonchev–Trinajstić information content (AvgIpc) is 3.33. The summed E-state index contributed by atoms with van der Waals surface area (Å²) in [5.41, 5.74) is 3.59. The molecular formula is C23H24N4O2S. The van der Waals surface area contributed by atoms with Crippen LogP contribution in [0, 0.1) is 6.92 Å². The van der Waals surface area contributed by atoms with Gasteiger partial charge in [0, 0.05) is 41.5 Å². The first-order valence-electron chi connectivity index (χ1n) is 9.83. The van der Waals surface area contributed by atoms with Crippen molar-refractivity contribution in [3.63, 3.8) is 0 Å². The van der Waals surface area contributed by atoms with E-state index in [1.165, 1.54) is 11.3 Å². The molecule has 0 aliphatic carbocycles. The number of methoxy groups -OCH3 is 1. The fourth-order valence-electron chi connectivity index (χ4n) is 3.47. The highest BCUT2D eigenvalue weighted by atomic mass is 32.1. The number of para-hydroxylation sites is 1. The van der Waals surface area contributed by atoms with Crippen molar-refractivity contribution >= 4 is 28.3 Å². The highest BCUT2D eigenvalue weighted by molar-refractivity contribution is 7.17. The molecule has 0 fully saturated rings. The molecule has 1 N–H and O–H groups in total. The topological polar surface area (TPSA) is 69.0 Å². The fourth-order valence-corrected chi connectivity index (χ4v) is 4.48. The Balaban J connectivity index is 1.62. The standard InChI is InChI=1S/C23H24N4O2S/c1-14(2)27-13-18(17-9-7-11-24-21(17)27)23-26-15(3)20(30-23)22(28)25-12-16-8-5-6-10-19(16)29-4/h5-11,13-14H,12H2,1-4H3,(H,25,28). The van der Waals surface area contributed by atoms with Crippen molar-refractivity contribution in [2.24, 2.45) is 0 Å². The third kappa shape index (κ3) is 3.68. The van der Waals surface area contributed by atoms with E-state index in [2.05, 4.69) is 41.0 Å². The molecule has 6 nitrogen and oxygen atoms in total. The van der Waals surface area contributed by atoms with Crippen LogP contribution >= 0.6 is 11.3 Å². The van der Waals surface area contributed by atoms with Crippen molar-refractivity contribution in [2.45, 2.75) is 33.4 Å². The van der Waals surface area contributed by atoms with Gasteiger partial charge in [0.1, 0.15) is 21.3 Å². The number of fused-ring (bicyclic) bond motifs is 1. The van der Waals surface area contributed by atoms with Gasteiger partial charge in [-0.2, -0.15) is 0 Å². The molecule has 4 aromatic rings. The molecule has 0 aliphatic heterocycles. The van der Waals surface area contributed by atoms with Crippen LogP contribution in [0.3, 0.4) is 0 Å². The summed E-state index contributed by atoms with van der Waals surface area (Å²) in [7, 11) is 1.63. The highest BCUT2D eigenvalue weighted by Gasteiger charge is 2.20. The Morgan fingerprint density at radius 1 is 1.23 bits per heavy atom. The van der Waals surface area contributed by atoms with E-state index < -0.39 is 0 Å². The number of ether oxygens (including phenoxy) is 1. The number of rotatable bonds is 6. The van der Waals surface area contributed by atoms with Crippen molar-refractivity contribution in [1.82, 2.24) is 19.9 Å². The van der Waals surface area contributed by atoms with Crippen LogP contribution in [0.5, 0.6) is 5.75 Å². The number of amides is 1. The van der Waals surface area contributed by atoms with E-state index in [1.54, 1.807) is 13.3 Å². The van der Waals surface area contributed by atoms with E-state index >= 15 is 0 Å². The molecule has 154 valence electrons. The average molecular weight is 421 g/mol. The number of nitrogens with zero attached hydrogens (tertiary/aromatic N) is 3. The van der Waals surface area contributed by atoms with Gasteiger partial charge < -0.3 is 14.6 Å². The Morgan fingerprint density at radius 2 is 2.03 bits per heavy atom. The van der Waals surface area contributed by atoms with Gasteiger partial charge in [-0.15, -0.1) is 11.3 Å². The van der Waals surface area contributed by atoms with Crippen LogP contribution in [0.1, 0.15) is 40.8 Å². The van der Waals surface area contributed by atoms with Gasteiger partial charge in [0.05, 0.1) is 12.8 Å². The molecule has 0 radical (unpaired) electrons. The zero-order valence-corrected chi connectivity index (χ0v) is 18.3. The van der Waals surface area contributed by atoms with Crippen LogP contribution in [-0.4, -0.2) is 27.6 Å². The molecule has 7 heteroatoms. The molecule has 30 heavy (non-hydrogen) atoms. The summed E-state index contributed by atoms with van der Waals surface area (Å²) in [5.74, 6) is 0.626.